The second-order valence-corrected chi connectivity index (χ2v) is 11.8. The number of likely N-dealkylation sites (tertiary alicyclic amines) is 1. The number of hydrogen-bond donors (Lipinski definition) is 1. The number of carbonyl (C=O) groups excluding carboxylic acids is 2. The Hall–Kier alpha value is -1.85. The first-order valence-corrected chi connectivity index (χ1v) is 12.5. The van der Waals surface area contributed by atoms with Crippen molar-refractivity contribution in [1.29, 1.82) is 5.26 Å². The summed E-state index contributed by atoms with van der Waals surface area (Å²) in [7, 11) is 0. The number of morpholine rings is 1. The van der Waals surface area contributed by atoms with Gasteiger partial charge in [-0.15, -0.1) is 0 Å². The molecule has 1 N–H and O–H groups in total. The van der Waals surface area contributed by atoms with Gasteiger partial charge in [-0.3, -0.25) is 4.79 Å². The predicted molar refractivity (Wildman–Crippen MR) is 125 cm³/mol. The molecule has 0 spiro atoms. The molecule has 8 nitrogen and oxygen atoms in total. The fraction of sp³-hybridized carbons (Fsp3) is 0.880. The van der Waals surface area contributed by atoms with Gasteiger partial charge < -0.3 is 24.6 Å². The first-order valence-electron chi connectivity index (χ1n) is 12.5. The Labute approximate surface area is 198 Å². The van der Waals surface area contributed by atoms with Crippen molar-refractivity contribution in [2.45, 2.75) is 78.4 Å². The molecule has 0 aromatic rings. The number of ether oxygens (including phenoxy) is 2. The van der Waals surface area contributed by atoms with Crippen LogP contribution in [0.1, 0.15) is 66.7 Å². The number of carbonyl (C=O) groups is 2. The molecule has 1 aliphatic carbocycles. The van der Waals surface area contributed by atoms with E-state index >= 15 is 0 Å². The molecule has 2 aliphatic heterocycles. The minimum Gasteiger partial charge on any atom is -0.436 e. The molecule has 0 radical (unpaired) electrons. The van der Waals surface area contributed by atoms with Crippen LogP contribution in [-0.4, -0.2) is 79.4 Å². The first-order chi connectivity index (χ1) is 15.5. The summed E-state index contributed by atoms with van der Waals surface area (Å²) >= 11 is 0. The van der Waals surface area contributed by atoms with Gasteiger partial charge >= 0.3 is 6.09 Å². The average molecular weight is 463 g/mol. The maximum Gasteiger partial charge on any atom is 0.410 e. The molecule has 186 valence electrons. The molecule has 0 aromatic heterocycles. The molecular weight excluding hydrogens is 420 g/mol. The Morgan fingerprint density at radius 2 is 1.79 bits per heavy atom. The summed E-state index contributed by atoms with van der Waals surface area (Å²) in [4.78, 5) is 30.1. The van der Waals surface area contributed by atoms with Crippen molar-refractivity contribution in [2.24, 2.45) is 16.7 Å². The van der Waals surface area contributed by atoms with Gasteiger partial charge in [0.2, 0.25) is 0 Å². The number of hydrogen-bond acceptors (Lipinski definition) is 6. The molecule has 2 atom stereocenters. The lowest BCUT2D eigenvalue weighted by Gasteiger charge is -2.45. The van der Waals surface area contributed by atoms with Gasteiger partial charge in [0.15, 0.2) is 6.10 Å². The maximum absolute atomic E-state index is 13.5. The maximum atomic E-state index is 13.5. The van der Waals surface area contributed by atoms with Crippen LogP contribution < -0.4 is 5.32 Å². The number of nitriles is 1. The summed E-state index contributed by atoms with van der Waals surface area (Å²) in [6.45, 7) is 15.1. The lowest BCUT2D eigenvalue weighted by molar-refractivity contribution is -0.133. The lowest BCUT2D eigenvalue weighted by Crippen LogP contribution is -2.54. The van der Waals surface area contributed by atoms with Gasteiger partial charge in [-0.2, -0.15) is 5.26 Å². The van der Waals surface area contributed by atoms with Crippen LogP contribution in [0.5, 0.6) is 0 Å². The van der Waals surface area contributed by atoms with E-state index in [-0.39, 0.29) is 22.7 Å². The summed E-state index contributed by atoms with van der Waals surface area (Å²) in [6.07, 6.45) is 2.79. The molecule has 3 fully saturated rings. The van der Waals surface area contributed by atoms with E-state index in [1.54, 1.807) is 4.90 Å². The SMILES string of the molecule is CCN1CCC(C#N)(NC(=O)C(CC2CC(C)(C)CC(C)(C)C2)OC(=O)N2CCOCC2)C1. The Bertz CT molecular complexity index is 740. The van der Waals surface area contributed by atoms with Crippen LogP contribution >= 0.6 is 0 Å². The number of rotatable bonds is 6. The van der Waals surface area contributed by atoms with Crippen LogP contribution in [0, 0.1) is 28.1 Å². The van der Waals surface area contributed by atoms with Crippen molar-refractivity contribution < 1.29 is 19.1 Å². The van der Waals surface area contributed by atoms with E-state index in [1.165, 1.54) is 0 Å². The van der Waals surface area contributed by atoms with Gasteiger partial charge in [0.25, 0.3) is 5.91 Å². The Morgan fingerprint density at radius 3 is 2.33 bits per heavy atom. The van der Waals surface area contributed by atoms with E-state index in [9.17, 15) is 14.9 Å². The highest BCUT2D eigenvalue weighted by Crippen LogP contribution is 2.49. The van der Waals surface area contributed by atoms with Crippen molar-refractivity contribution in [3.05, 3.63) is 0 Å². The quantitative estimate of drug-likeness (QED) is 0.651. The van der Waals surface area contributed by atoms with E-state index in [2.05, 4.69) is 50.9 Å². The van der Waals surface area contributed by atoms with Crippen LogP contribution in [0.3, 0.4) is 0 Å². The molecule has 0 bridgehead atoms. The number of likely N-dealkylation sites (N-methyl/N-ethyl adjacent to an activating group) is 1. The van der Waals surface area contributed by atoms with Crippen LogP contribution in [0.4, 0.5) is 4.79 Å². The Kier molecular flexibility index (Phi) is 7.95. The second kappa shape index (κ2) is 10.2. The summed E-state index contributed by atoms with van der Waals surface area (Å²) in [5.74, 6) is -0.0805. The van der Waals surface area contributed by atoms with Crippen LogP contribution in [-0.2, 0) is 14.3 Å². The third-order valence-corrected chi connectivity index (χ3v) is 7.36. The molecule has 2 amide bonds. The molecule has 8 heteroatoms. The summed E-state index contributed by atoms with van der Waals surface area (Å²) in [6, 6.07) is 2.33. The van der Waals surface area contributed by atoms with E-state index in [0.29, 0.717) is 45.7 Å². The number of nitrogens with zero attached hydrogens (tertiary/aromatic N) is 3. The largest absolute Gasteiger partial charge is 0.436 e. The van der Waals surface area contributed by atoms with Gasteiger partial charge in [0, 0.05) is 26.2 Å². The number of amides is 2. The standard InChI is InChI=1S/C25H42N4O4/c1-6-28-8-7-25(17-26,18-28)27-21(30)20(33-22(31)29-9-11-32-12-10-29)13-19-14-23(2,3)16-24(4,5)15-19/h19-20H,6-16,18H2,1-5H3,(H,27,30). The van der Waals surface area contributed by atoms with Crippen LogP contribution in [0.25, 0.3) is 0 Å². The van der Waals surface area contributed by atoms with Gasteiger partial charge in [-0.05, 0) is 55.4 Å². The first kappa shape index (κ1) is 25.8. The third-order valence-electron chi connectivity index (χ3n) is 7.36. The van der Waals surface area contributed by atoms with Gasteiger partial charge in [-0.25, -0.2) is 4.79 Å². The zero-order valence-electron chi connectivity index (χ0n) is 21.1. The fourth-order valence-corrected chi connectivity index (χ4v) is 6.39. The lowest BCUT2D eigenvalue weighted by atomic mass is 9.60. The van der Waals surface area contributed by atoms with Crippen LogP contribution in [0.15, 0.2) is 0 Å². The minimum atomic E-state index is -0.929. The zero-order valence-corrected chi connectivity index (χ0v) is 21.1. The van der Waals surface area contributed by atoms with Gasteiger partial charge in [-0.1, -0.05) is 34.6 Å². The van der Waals surface area contributed by atoms with E-state index in [1.807, 2.05) is 0 Å². The Morgan fingerprint density at radius 1 is 1.15 bits per heavy atom. The van der Waals surface area contributed by atoms with E-state index in [0.717, 1.165) is 32.4 Å². The highest BCUT2D eigenvalue weighted by atomic mass is 16.6. The monoisotopic (exact) mass is 462 g/mol. The summed E-state index contributed by atoms with van der Waals surface area (Å²) in [5, 5.41) is 12.9. The van der Waals surface area contributed by atoms with Gasteiger partial charge in [0.05, 0.1) is 19.3 Å². The Balaban J connectivity index is 1.75. The molecule has 33 heavy (non-hydrogen) atoms. The average Bonchev–Trinajstić information content (AvgIpc) is 3.15. The molecular formula is C25H42N4O4. The van der Waals surface area contributed by atoms with Crippen molar-refractivity contribution in [3.8, 4) is 6.07 Å². The van der Waals surface area contributed by atoms with Crippen LogP contribution in [0.2, 0.25) is 0 Å². The normalized spacial score (nSPS) is 28.7. The molecule has 3 aliphatic rings. The van der Waals surface area contributed by atoms with E-state index < -0.39 is 17.7 Å². The molecule has 1 saturated carbocycles. The molecule has 3 rings (SSSR count). The fourth-order valence-electron chi connectivity index (χ4n) is 6.39. The van der Waals surface area contributed by atoms with Crippen molar-refractivity contribution >= 4 is 12.0 Å². The molecule has 2 unspecified atom stereocenters. The molecule has 0 aromatic carbocycles. The third kappa shape index (κ3) is 6.83. The number of nitrogens with one attached hydrogen (secondary N) is 1. The van der Waals surface area contributed by atoms with Crippen molar-refractivity contribution in [1.82, 2.24) is 15.1 Å². The predicted octanol–water partition coefficient (Wildman–Crippen LogP) is 3.17. The van der Waals surface area contributed by atoms with Gasteiger partial charge in [0.1, 0.15) is 5.54 Å². The van der Waals surface area contributed by atoms with Crippen molar-refractivity contribution in [2.75, 3.05) is 45.9 Å². The van der Waals surface area contributed by atoms with E-state index in [4.69, 9.17) is 9.47 Å². The zero-order chi connectivity index (χ0) is 24.3. The second-order valence-electron chi connectivity index (χ2n) is 11.8. The molecule has 2 saturated heterocycles. The summed E-state index contributed by atoms with van der Waals surface area (Å²) in [5.41, 5.74) is -0.590. The smallest absolute Gasteiger partial charge is 0.410 e. The summed E-state index contributed by atoms with van der Waals surface area (Å²) < 4.78 is 11.2. The highest BCUT2D eigenvalue weighted by molar-refractivity contribution is 5.84. The highest BCUT2D eigenvalue weighted by Gasteiger charge is 2.44. The molecule has 2 heterocycles. The minimum absolute atomic E-state index is 0.169. The van der Waals surface area contributed by atoms with Crippen molar-refractivity contribution in [3.63, 3.8) is 0 Å². The topological polar surface area (TPSA) is 94.9 Å².